The van der Waals surface area contributed by atoms with Crippen LogP contribution in [0.3, 0.4) is 0 Å². The number of hydrogen-bond acceptors (Lipinski definition) is 4. The van der Waals surface area contributed by atoms with Gasteiger partial charge in [0, 0.05) is 10.7 Å². The molecule has 1 N–H and O–H groups in total. The van der Waals surface area contributed by atoms with Gasteiger partial charge in [-0.05, 0) is 60.3 Å². The van der Waals surface area contributed by atoms with Crippen LogP contribution in [0.1, 0.15) is 16.1 Å². The van der Waals surface area contributed by atoms with E-state index in [1.54, 1.807) is 36.4 Å². The number of carbonyl (C=O) groups is 1. The Morgan fingerprint density at radius 1 is 1.17 bits per heavy atom. The normalized spacial score (nSPS) is 10.6. The van der Waals surface area contributed by atoms with E-state index in [2.05, 4.69) is 5.32 Å². The number of nitrogens with one attached hydrogen (secondary N) is 1. The SMILES string of the molecule is COc1ccc2c(=O)oc(C(=O)Nc3ccc(Cl)cc3C)cc2c1. The maximum atomic E-state index is 12.4. The third-order valence-electron chi connectivity index (χ3n) is 3.63. The minimum Gasteiger partial charge on any atom is -0.497 e. The van der Waals surface area contributed by atoms with Crippen molar-refractivity contribution < 1.29 is 13.9 Å². The summed E-state index contributed by atoms with van der Waals surface area (Å²) in [6, 6.07) is 11.6. The first-order chi connectivity index (χ1) is 11.5. The van der Waals surface area contributed by atoms with Gasteiger partial charge in [0.2, 0.25) is 0 Å². The van der Waals surface area contributed by atoms with Gasteiger partial charge in [-0.1, -0.05) is 11.6 Å². The Morgan fingerprint density at radius 2 is 1.96 bits per heavy atom. The number of halogens is 1. The lowest BCUT2D eigenvalue weighted by molar-refractivity contribution is 0.0993. The Labute approximate surface area is 142 Å². The van der Waals surface area contributed by atoms with E-state index in [-0.39, 0.29) is 5.76 Å². The standard InChI is InChI=1S/C18H14ClNO4/c1-10-7-12(19)3-6-15(10)20-17(21)16-9-11-8-13(23-2)4-5-14(11)18(22)24-16/h3-9H,1-2H3,(H,20,21). The molecule has 5 nitrogen and oxygen atoms in total. The van der Waals surface area contributed by atoms with Crippen molar-refractivity contribution >= 4 is 34.0 Å². The van der Waals surface area contributed by atoms with Crippen LogP contribution in [0.15, 0.2) is 51.7 Å². The second-order valence-electron chi connectivity index (χ2n) is 5.26. The highest BCUT2D eigenvalue weighted by atomic mass is 35.5. The zero-order valence-electron chi connectivity index (χ0n) is 13.1. The highest BCUT2D eigenvalue weighted by Crippen LogP contribution is 2.22. The van der Waals surface area contributed by atoms with Crippen LogP contribution in [0, 0.1) is 6.92 Å². The van der Waals surface area contributed by atoms with E-state index >= 15 is 0 Å². The summed E-state index contributed by atoms with van der Waals surface area (Å²) >= 11 is 5.90. The van der Waals surface area contributed by atoms with E-state index in [0.717, 1.165) is 5.56 Å². The van der Waals surface area contributed by atoms with E-state index in [4.69, 9.17) is 20.8 Å². The van der Waals surface area contributed by atoms with Crippen molar-refractivity contribution in [3.63, 3.8) is 0 Å². The van der Waals surface area contributed by atoms with Gasteiger partial charge < -0.3 is 14.5 Å². The van der Waals surface area contributed by atoms with Crippen molar-refractivity contribution in [3.05, 3.63) is 69.2 Å². The molecule has 0 atom stereocenters. The lowest BCUT2D eigenvalue weighted by atomic mass is 10.1. The van der Waals surface area contributed by atoms with Gasteiger partial charge in [0.05, 0.1) is 12.5 Å². The molecule has 0 saturated carbocycles. The smallest absolute Gasteiger partial charge is 0.344 e. The molecule has 0 aliphatic rings. The van der Waals surface area contributed by atoms with E-state index in [9.17, 15) is 9.59 Å². The van der Waals surface area contributed by atoms with Crippen LogP contribution in [-0.4, -0.2) is 13.0 Å². The molecule has 3 rings (SSSR count). The molecular weight excluding hydrogens is 330 g/mol. The molecule has 1 amide bonds. The largest absolute Gasteiger partial charge is 0.497 e. The van der Waals surface area contributed by atoms with E-state index < -0.39 is 11.5 Å². The number of ether oxygens (including phenoxy) is 1. The maximum Gasteiger partial charge on any atom is 0.344 e. The lowest BCUT2D eigenvalue weighted by Gasteiger charge is -2.08. The van der Waals surface area contributed by atoms with Gasteiger partial charge >= 0.3 is 5.63 Å². The summed E-state index contributed by atoms with van der Waals surface area (Å²) in [5, 5.41) is 4.25. The molecule has 2 aromatic carbocycles. The highest BCUT2D eigenvalue weighted by molar-refractivity contribution is 6.30. The first-order valence-corrected chi connectivity index (χ1v) is 7.55. The van der Waals surface area contributed by atoms with Crippen LogP contribution in [0.5, 0.6) is 5.75 Å². The number of methoxy groups -OCH3 is 1. The number of anilines is 1. The topological polar surface area (TPSA) is 68.5 Å². The Bertz CT molecular complexity index is 994. The van der Waals surface area contributed by atoms with Gasteiger partial charge in [-0.15, -0.1) is 0 Å². The molecule has 122 valence electrons. The number of rotatable bonds is 3. The maximum absolute atomic E-state index is 12.4. The molecule has 1 heterocycles. The third kappa shape index (κ3) is 3.12. The molecule has 0 saturated heterocycles. The number of amides is 1. The summed E-state index contributed by atoms with van der Waals surface area (Å²) in [5.74, 6) is 0.00495. The molecule has 0 radical (unpaired) electrons. The fourth-order valence-electron chi connectivity index (χ4n) is 2.36. The number of benzene rings is 2. The van der Waals surface area contributed by atoms with Crippen LogP contribution in [-0.2, 0) is 0 Å². The Hall–Kier alpha value is -2.79. The van der Waals surface area contributed by atoms with Gasteiger partial charge in [0.1, 0.15) is 5.75 Å². The molecule has 1 aromatic heterocycles. The summed E-state index contributed by atoms with van der Waals surface area (Å²) in [6.07, 6.45) is 0. The van der Waals surface area contributed by atoms with Crippen molar-refractivity contribution in [3.8, 4) is 5.75 Å². The Morgan fingerprint density at radius 3 is 2.67 bits per heavy atom. The molecule has 0 aliphatic heterocycles. The van der Waals surface area contributed by atoms with Gasteiger partial charge in [-0.2, -0.15) is 0 Å². The monoisotopic (exact) mass is 343 g/mol. The third-order valence-corrected chi connectivity index (χ3v) is 3.86. The molecule has 3 aromatic rings. The van der Waals surface area contributed by atoms with Gasteiger partial charge in [0.25, 0.3) is 5.91 Å². The molecule has 0 aliphatic carbocycles. The zero-order valence-corrected chi connectivity index (χ0v) is 13.8. The molecule has 0 spiro atoms. The molecule has 0 unspecified atom stereocenters. The Kier molecular flexibility index (Phi) is 4.27. The molecule has 6 heteroatoms. The second-order valence-corrected chi connectivity index (χ2v) is 5.70. The minimum absolute atomic E-state index is 0.0740. The van der Waals surface area contributed by atoms with Gasteiger partial charge in [0.15, 0.2) is 5.76 Å². The van der Waals surface area contributed by atoms with Crippen LogP contribution in [0.4, 0.5) is 5.69 Å². The summed E-state index contributed by atoms with van der Waals surface area (Å²) in [4.78, 5) is 24.5. The van der Waals surface area contributed by atoms with E-state index in [1.807, 2.05) is 6.92 Å². The average molecular weight is 344 g/mol. The van der Waals surface area contributed by atoms with E-state index in [0.29, 0.717) is 27.2 Å². The summed E-state index contributed by atoms with van der Waals surface area (Å²) in [5.41, 5.74) is 0.826. The molecular formula is C18H14ClNO4. The number of carbonyl (C=O) groups excluding carboxylic acids is 1. The summed E-state index contributed by atoms with van der Waals surface area (Å²) < 4.78 is 10.3. The molecule has 0 bridgehead atoms. The predicted octanol–water partition coefficient (Wildman–Crippen LogP) is 4.02. The number of fused-ring (bicyclic) bond motifs is 1. The van der Waals surface area contributed by atoms with Crippen molar-refractivity contribution in [2.75, 3.05) is 12.4 Å². The average Bonchev–Trinajstić information content (AvgIpc) is 2.56. The second kappa shape index (κ2) is 6.37. The fourth-order valence-corrected chi connectivity index (χ4v) is 2.59. The van der Waals surface area contributed by atoms with E-state index in [1.165, 1.54) is 13.2 Å². The molecule has 0 fully saturated rings. The highest BCUT2D eigenvalue weighted by Gasteiger charge is 2.14. The lowest BCUT2D eigenvalue weighted by Crippen LogP contribution is -2.15. The summed E-state index contributed by atoms with van der Waals surface area (Å²) in [6.45, 7) is 1.82. The quantitative estimate of drug-likeness (QED) is 0.780. The Balaban J connectivity index is 1.99. The summed E-state index contributed by atoms with van der Waals surface area (Å²) in [7, 11) is 1.53. The van der Waals surface area contributed by atoms with Gasteiger partial charge in [-0.3, -0.25) is 4.79 Å². The zero-order chi connectivity index (χ0) is 17.3. The number of aryl methyl sites for hydroxylation is 1. The van der Waals surface area contributed by atoms with Crippen LogP contribution in [0.25, 0.3) is 10.8 Å². The first-order valence-electron chi connectivity index (χ1n) is 7.17. The molecule has 24 heavy (non-hydrogen) atoms. The van der Waals surface area contributed by atoms with Crippen LogP contribution >= 0.6 is 11.6 Å². The fraction of sp³-hybridized carbons (Fsp3) is 0.111. The van der Waals surface area contributed by atoms with Crippen molar-refractivity contribution in [2.24, 2.45) is 0 Å². The van der Waals surface area contributed by atoms with Gasteiger partial charge in [-0.25, -0.2) is 4.79 Å². The minimum atomic E-state index is -0.576. The predicted molar refractivity (Wildman–Crippen MR) is 93.2 cm³/mol. The number of hydrogen-bond donors (Lipinski definition) is 1. The van der Waals surface area contributed by atoms with Crippen molar-refractivity contribution in [2.45, 2.75) is 6.92 Å². The first kappa shape index (κ1) is 16.1. The van der Waals surface area contributed by atoms with Crippen molar-refractivity contribution in [1.82, 2.24) is 0 Å². The van der Waals surface area contributed by atoms with Crippen molar-refractivity contribution in [1.29, 1.82) is 0 Å². The van der Waals surface area contributed by atoms with Crippen LogP contribution in [0.2, 0.25) is 5.02 Å². The van der Waals surface area contributed by atoms with Crippen LogP contribution < -0.4 is 15.7 Å².